The molecule has 1 aromatic heterocycles. The number of aromatic nitrogens is 2. The van der Waals surface area contributed by atoms with Gasteiger partial charge in [-0.1, -0.05) is 32.0 Å². The van der Waals surface area contributed by atoms with Crippen molar-refractivity contribution in [3.8, 4) is 5.75 Å². The quantitative estimate of drug-likeness (QED) is 0.516. The van der Waals surface area contributed by atoms with Gasteiger partial charge in [-0.25, -0.2) is 4.98 Å². The Balaban J connectivity index is 2.06. The van der Waals surface area contributed by atoms with Crippen molar-refractivity contribution in [1.29, 1.82) is 0 Å². The monoisotopic (exact) mass is 375 g/mol. The first-order valence-corrected chi connectivity index (χ1v) is 9.65. The summed E-state index contributed by atoms with van der Waals surface area (Å²) in [5, 5.41) is 3.03. The molecule has 0 aliphatic carbocycles. The van der Waals surface area contributed by atoms with Crippen LogP contribution in [-0.4, -0.2) is 28.2 Å². The molecule has 0 aliphatic rings. The first-order valence-electron chi connectivity index (χ1n) is 8.77. The molecule has 0 spiro atoms. The third kappa shape index (κ3) is 5.91. The summed E-state index contributed by atoms with van der Waals surface area (Å²) >= 11 is 1.28. The van der Waals surface area contributed by atoms with Crippen LogP contribution in [0.4, 0.5) is 5.69 Å². The SMILES string of the molecule is CCCCc1cc(=O)[nH]c(SC(CC)C(=O)Nc2ccc(OC)cc2)n1. The molecule has 1 aromatic carbocycles. The fourth-order valence-electron chi connectivity index (χ4n) is 2.38. The predicted octanol–water partition coefficient (Wildman–Crippen LogP) is 3.63. The molecule has 0 bridgehead atoms. The molecule has 1 unspecified atom stereocenters. The number of anilines is 1. The number of rotatable bonds is 9. The van der Waals surface area contributed by atoms with Crippen molar-refractivity contribution < 1.29 is 9.53 Å². The van der Waals surface area contributed by atoms with E-state index in [1.54, 1.807) is 31.4 Å². The largest absolute Gasteiger partial charge is 0.497 e. The normalized spacial score (nSPS) is 11.8. The van der Waals surface area contributed by atoms with Crippen molar-refractivity contribution >= 4 is 23.4 Å². The lowest BCUT2D eigenvalue weighted by molar-refractivity contribution is -0.115. The average molecular weight is 375 g/mol. The molecule has 1 amide bonds. The van der Waals surface area contributed by atoms with Crippen molar-refractivity contribution in [1.82, 2.24) is 9.97 Å². The lowest BCUT2D eigenvalue weighted by atomic mass is 10.2. The number of hydrogen-bond donors (Lipinski definition) is 2. The minimum Gasteiger partial charge on any atom is -0.497 e. The molecule has 1 atom stereocenters. The van der Waals surface area contributed by atoms with Gasteiger partial charge in [0, 0.05) is 17.4 Å². The van der Waals surface area contributed by atoms with Crippen molar-refractivity contribution in [3.63, 3.8) is 0 Å². The maximum absolute atomic E-state index is 12.6. The molecule has 0 saturated carbocycles. The van der Waals surface area contributed by atoms with Crippen LogP contribution in [0.15, 0.2) is 40.3 Å². The molecular weight excluding hydrogens is 350 g/mol. The second-order valence-corrected chi connectivity index (χ2v) is 7.07. The summed E-state index contributed by atoms with van der Waals surface area (Å²) in [5.74, 6) is 0.611. The Morgan fingerprint density at radius 1 is 1.31 bits per heavy atom. The van der Waals surface area contributed by atoms with Gasteiger partial charge >= 0.3 is 0 Å². The van der Waals surface area contributed by atoms with E-state index in [1.165, 1.54) is 17.8 Å². The number of nitrogens with one attached hydrogen (secondary N) is 2. The molecule has 140 valence electrons. The molecule has 6 nitrogen and oxygen atoms in total. The van der Waals surface area contributed by atoms with Gasteiger partial charge in [0.05, 0.1) is 12.4 Å². The highest BCUT2D eigenvalue weighted by atomic mass is 32.2. The molecule has 2 N–H and O–H groups in total. The highest BCUT2D eigenvalue weighted by Crippen LogP contribution is 2.24. The van der Waals surface area contributed by atoms with E-state index >= 15 is 0 Å². The number of hydrogen-bond acceptors (Lipinski definition) is 5. The predicted molar refractivity (Wildman–Crippen MR) is 105 cm³/mol. The van der Waals surface area contributed by atoms with E-state index in [2.05, 4.69) is 22.2 Å². The van der Waals surface area contributed by atoms with Crippen LogP contribution in [0.5, 0.6) is 5.75 Å². The molecule has 0 saturated heterocycles. The van der Waals surface area contributed by atoms with Gasteiger partial charge in [-0.3, -0.25) is 9.59 Å². The van der Waals surface area contributed by atoms with Crippen LogP contribution in [0.1, 0.15) is 38.8 Å². The van der Waals surface area contributed by atoms with Gasteiger partial charge in [-0.2, -0.15) is 0 Å². The average Bonchev–Trinajstić information content (AvgIpc) is 2.64. The molecule has 26 heavy (non-hydrogen) atoms. The van der Waals surface area contributed by atoms with Crippen LogP contribution in [0.3, 0.4) is 0 Å². The zero-order valence-corrected chi connectivity index (χ0v) is 16.2. The molecule has 0 fully saturated rings. The summed E-state index contributed by atoms with van der Waals surface area (Å²) in [6.07, 6.45) is 3.41. The lowest BCUT2D eigenvalue weighted by Gasteiger charge is -2.14. The minimum absolute atomic E-state index is 0.121. The number of methoxy groups -OCH3 is 1. The van der Waals surface area contributed by atoms with E-state index < -0.39 is 0 Å². The molecule has 0 radical (unpaired) electrons. The Labute approximate surface area is 157 Å². The third-order valence-corrected chi connectivity index (χ3v) is 5.08. The van der Waals surface area contributed by atoms with E-state index in [0.717, 1.165) is 30.7 Å². The first kappa shape index (κ1) is 20.0. The molecule has 0 aliphatic heterocycles. The highest BCUT2D eigenvalue weighted by Gasteiger charge is 2.19. The van der Waals surface area contributed by atoms with Crippen LogP contribution < -0.4 is 15.6 Å². The number of nitrogens with zero attached hydrogens (tertiary/aromatic N) is 1. The Bertz CT molecular complexity index is 774. The number of aryl methyl sites for hydroxylation is 1. The van der Waals surface area contributed by atoms with Gasteiger partial charge < -0.3 is 15.0 Å². The topological polar surface area (TPSA) is 84.1 Å². The van der Waals surface area contributed by atoms with E-state index in [1.807, 2.05) is 6.92 Å². The standard InChI is InChI=1S/C19H25N3O3S/c1-4-6-7-14-12-17(23)22-19(21-14)26-16(5-2)18(24)20-13-8-10-15(25-3)11-9-13/h8-12,16H,4-7H2,1-3H3,(H,20,24)(H,21,22,23). The van der Waals surface area contributed by atoms with Gasteiger partial charge in [-0.15, -0.1) is 0 Å². The summed E-state index contributed by atoms with van der Waals surface area (Å²) < 4.78 is 5.11. The first-order chi connectivity index (χ1) is 12.5. The smallest absolute Gasteiger partial charge is 0.251 e. The van der Waals surface area contributed by atoms with Crippen LogP contribution >= 0.6 is 11.8 Å². The van der Waals surface area contributed by atoms with Gasteiger partial charge in [-0.05, 0) is 43.5 Å². The van der Waals surface area contributed by atoms with E-state index in [4.69, 9.17) is 4.74 Å². The Morgan fingerprint density at radius 3 is 2.65 bits per heavy atom. The Hall–Kier alpha value is -2.28. The van der Waals surface area contributed by atoms with Crippen molar-refractivity contribution in [3.05, 3.63) is 46.4 Å². The van der Waals surface area contributed by atoms with Gasteiger partial charge in [0.1, 0.15) is 5.75 Å². The summed E-state index contributed by atoms with van der Waals surface area (Å²) in [6, 6.07) is 8.69. The second kappa shape index (κ2) is 10.0. The van der Waals surface area contributed by atoms with Gasteiger partial charge in [0.25, 0.3) is 5.56 Å². The number of amides is 1. The van der Waals surface area contributed by atoms with Gasteiger partial charge in [0.15, 0.2) is 5.16 Å². The number of thioether (sulfide) groups is 1. The Kier molecular flexibility index (Phi) is 7.72. The zero-order chi connectivity index (χ0) is 18.9. The van der Waals surface area contributed by atoms with E-state index in [-0.39, 0.29) is 16.7 Å². The van der Waals surface area contributed by atoms with Crippen LogP contribution in [0.2, 0.25) is 0 Å². The van der Waals surface area contributed by atoms with Crippen LogP contribution in [0, 0.1) is 0 Å². The fourth-order valence-corrected chi connectivity index (χ4v) is 3.31. The minimum atomic E-state index is -0.346. The maximum Gasteiger partial charge on any atom is 0.251 e. The number of H-pyrrole nitrogens is 1. The maximum atomic E-state index is 12.6. The second-order valence-electron chi connectivity index (χ2n) is 5.88. The van der Waals surface area contributed by atoms with Crippen molar-refractivity contribution in [2.24, 2.45) is 0 Å². The van der Waals surface area contributed by atoms with Crippen molar-refractivity contribution in [2.45, 2.75) is 49.9 Å². The number of aromatic amines is 1. The summed E-state index contributed by atoms with van der Waals surface area (Å²) in [4.78, 5) is 31.6. The number of carbonyl (C=O) groups excluding carboxylic acids is 1. The lowest BCUT2D eigenvalue weighted by Crippen LogP contribution is -2.25. The van der Waals surface area contributed by atoms with Gasteiger partial charge in [0.2, 0.25) is 5.91 Å². The summed E-state index contributed by atoms with van der Waals surface area (Å²) in [7, 11) is 1.60. The number of unbranched alkanes of at least 4 members (excludes halogenated alkanes) is 1. The number of carbonyl (C=O) groups is 1. The van der Waals surface area contributed by atoms with E-state index in [9.17, 15) is 9.59 Å². The zero-order valence-electron chi connectivity index (χ0n) is 15.4. The molecule has 2 rings (SSSR count). The highest BCUT2D eigenvalue weighted by molar-refractivity contribution is 8.00. The van der Waals surface area contributed by atoms with Crippen LogP contribution in [-0.2, 0) is 11.2 Å². The van der Waals surface area contributed by atoms with Crippen LogP contribution in [0.25, 0.3) is 0 Å². The molecule has 1 heterocycles. The summed E-state index contributed by atoms with van der Waals surface area (Å²) in [5.41, 5.74) is 1.29. The van der Waals surface area contributed by atoms with Crippen molar-refractivity contribution in [2.75, 3.05) is 12.4 Å². The molecule has 2 aromatic rings. The third-order valence-electron chi connectivity index (χ3n) is 3.83. The molecular formula is C19H25N3O3S. The Morgan fingerprint density at radius 2 is 2.04 bits per heavy atom. The summed E-state index contributed by atoms with van der Waals surface area (Å²) in [6.45, 7) is 4.03. The molecule has 7 heteroatoms. The number of benzene rings is 1. The fraction of sp³-hybridized carbons (Fsp3) is 0.421. The number of ether oxygens (including phenoxy) is 1. The van der Waals surface area contributed by atoms with E-state index in [0.29, 0.717) is 17.3 Å².